The maximum absolute atomic E-state index is 12.6. The number of hydrogen-bond acceptors (Lipinski definition) is 6. The number of rotatable bonds is 7. The van der Waals surface area contributed by atoms with E-state index >= 15 is 0 Å². The van der Waals surface area contributed by atoms with Crippen molar-refractivity contribution in [2.45, 2.75) is 25.7 Å². The van der Waals surface area contributed by atoms with E-state index in [-0.39, 0.29) is 17.9 Å². The maximum atomic E-state index is 12.6. The number of amides is 1. The number of likely N-dealkylation sites (tertiary alicyclic amines) is 1. The molecule has 1 aliphatic rings. The van der Waals surface area contributed by atoms with Crippen molar-refractivity contribution in [2.75, 3.05) is 45.8 Å². The first-order valence-electron chi connectivity index (χ1n) is 7.66. The fourth-order valence-electron chi connectivity index (χ4n) is 3.03. The zero-order valence-electron chi connectivity index (χ0n) is 13.3. The van der Waals surface area contributed by atoms with Crippen molar-refractivity contribution in [3.05, 3.63) is 11.1 Å². The molecule has 2 heterocycles. The van der Waals surface area contributed by atoms with Crippen LogP contribution in [0.5, 0.6) is 0 Å². The van der Waals surface area contributed by atoms with Gasteiger partial charge in [0.2, 0.25) is 0 Å². The van der Waals surface area contributed by atoms with Crippen molar-refractivity contribution in [2.24, 2.45) is 5.41 Å². The number of methoxy groups -OCH3 is 1. The van der Waals surface area contributed by atoms with Gasteiger partial charge in [0.15, 0.2) is 5.13 Å². The van der Waals surface area contributed by atoms with E-state index in [4.69, 9.17) is 4.74 Å². The lowest BCUT2D eigenvalue weighted by Crippen LogP contribution is -2.48. The van der Waals surface area contributed by atoms with E-state index in [1.807, 2.05) is 4.90 Å². The van der Waals surface area contributed by atoms with Crippen molar-refractivity contribution < 1.29 is 14.6 Å². The minimum atomic E-state index is -0.200. The number of hydrogen-bond donors (Lipinski definition) is 2. The summed E-state index contributed by atoms with van der Waals surface area (Å²) in [7, 11) is 3.48. The number of carbonyl (C=O) groups is 1. The largest absolute Gasteiger partial charge is 0.396 e. The number of carbonyl (C=O) groups excluding carboxylic acids is 1. The first kappa shape index (κ1) is 17.2. The molecule has 6 nitrogen and oxygen atoms in total. The number of nitrogens with zero attached hydrogens (tertiary/aromatic N) is 2. The van der Waals surface area contributed by atoms with E-state index in [0.717, 1.165) is 37.4 Å². The van der Waals surface area contributed by atoms with E-state index < -0.39 is 0 Å². The number of aliphatic hydroxyl groups is 1. The first-order valence-corrected chi connectivity index (χ1v) is 8.54. The molecule has 124 valence electrons. The number of piperidine rings is 1. The normalized spacial score (nSPS) is 21.9. The molecule has 0 saturated carbocycles. The van der Waals surface area contributed by atoms with Crippen LogP contribution in [0.15, 0.2) is 5.38 Å². The van der Waals surface area contributed by atoms with Gasteiger partial charge in [-0.25, -0.2) is 4.98 Å². The van der Waals surface area contributed by atoms with Crippen LogP contribution >= 0.6 is 11.3 Å². The van der Waals surface area contributed by atoms with Crippen molar-refractivity contribution in [3.63, 3.8) is 0 Å². The molecule has 1 atom stereocenters. The quantitative estimate of drug-likeness (QED) is 0.747. The van der Waals surface area contributed by atoms with Gasteiger partial charge in [-0.05, 0) is 25.7 Å². The Kier molecular flexibility index (Phi) is 6.16. The van der Waals surface area contributed by atoms with Crippen LogP contribution in [0, 0.1) is 5.41 Å². The summed E-state index contributed by atoms with van der Waals surface area (Å²) in [5, 5.41) is 15.3. The molecular weight excluding hydrogens is 302 g/mol. The minimum Gasteiger partial charge on any atom is -0.396 e. The molecule has 1 aliphatic heterocycles. The first-order chi connectivity index (χ1) is 10.6. The van der Waals surface area contributed by atoms with E-state index in [9.17, 15) is 9.90 Å². The van der Waals surface area contributed by atoms with Gasteiger partial charge < -0.3 is 20.1 Å². The highest BCUT2D eigenvalue weighted by Crippen LogP contribution is 2.35. The topological polar surface area (TPSA) is 74.7 Å². The van der Waals surface area contributed by atoms with Crippen LogP contribution in [-0.2, 0) is 4.74 Å². The second kappa shape index (κ2) is 7.89. The van der Waals surface area contributed by atoms with Gasteiger partial charge in [-0.15, -0.1) is 11.3 Å². The molecule has 22 heavy (non-hydrogen) atoms. The van der Waals surface area contributed by atoms with Crippen LogP contribution < -0.4 is 5.32 Å². The van der Waals surface area contributed by atoms with E-state index in [1.54, 1.807) is 19.5 Å². The Hall–Kier alpha value is -1.18. The fraction of sp³-hybridized carbons (Fsp3) is 0.733. The van der Waals surface area contributed by atoms with Crippen LogP contribution in [0.3, 0.4) is 0 Å². The number of aromatic nitrogens is 1. The second-order valence-corrected chi connectivity index (χ2v) is 6.73. The summed E-state index contributed by atoms with van der Waals surface area (Å²) in [6.45, 7) is 2.13. The third-order valence-corrected chi connectivity index (χ3v) is 5.14. The summed E-state index contributed by atoms with van der Waals surface area (Å²) in [5.74, 6) is -0.0398. The Balaban J connectivity index is 2.03. The van der Waals surface area contributed by atoms with Gasteiger partial charge in [-0.1, -0.05) is 0 Å². The number of anilines is 1. The van der Waals surface area contributed by atoms with Gasteiger partial charge in [0, 0.05) is 44.6 Å². The average molecular weight is 327 g/mol. The maximum Gasteiger partial charge on any atom is 0.273 e. The molecule has 1 fully saturated rings. The summed E-state index contributed by atoms with van der Waals surface area (Å²) in [5.41, 5.74) is 0.286. The molecule has 1 aromatic heterocycles. The standard InChI is InChI=1S/C15H25N3O3S/c1-16-14-17-12(9-22-14)13(20)18-7-3-5-15(10-18,11-19)6-4-8-21-2/h9,19H,3-8,10-11H2,1-2H3,(H,16,17). The van der Waals surface area contributed by atoms with Crippen LogP contribution in [0.2, 0.25) is 0 Å². The number of nitrogens with one attached hydrogen (secondary N) is 1. The average Bonchev–Trinajstić information content (AvgIpc) is 3.03. The van der Waals surface area contributed by atoms with Crippen LogP contribution in [-0.4, -0.2) is 61.4 Å². The SMILES string of the molecule is CNc1nc(C(=O)N2CCCC(CO)(CCCOC)C2)cs1. The predicted octanol–water partition coefficient (Wildman–Crippen LogP) is 1.83. The highest BCUT2D eigenvalue weighted by Gasteiger charge is 2.37. The third kappa shape index (κ3) is 3.97. The molecule has 0 spiro atoms. The predicted molar refractivity (Wildman–Crippen MR) is 87.4 cm³/mol. The number of thiazole rings is 1. The zero-order valence-corrected chi connectivity index (χ0v) is 14.1. The smallest absolute Gasteiger partial charge is 0.273 e. The molecule has 2 rings (SSSR count). The zero-order chi connectivity index (χ0) is 16.0. The van der Waals surface area contributed by atoms with Crippen LogP contribution in [0.4, 0.5) is 5.13 Å². The molecule has 7 heteroatoms. The summed E-state index contributed by atoms with van der Waals surface area (Å²) in [6, 6.07) is 0. The van der Waals surface area contributed by atoms with E-state index in [0.29, 0.717) is 18.8 Å². The number of ether oxygens (including phenoxy) is 1. The Morgan fingerprint density at radius 2 is 2.45 bits per heavy atom. The Morgan fingerprint density at radius 1 is 1.64 bits per heavy atom. The highest BCUT2D eigenvalue weighted by molar-refractivity contribution is 7.13. The molecule has 2 N–H and O–H groups in total. The second-order valence-electron chi connectivity index (χ2n) is 5.87. The Morgan fingerprint density at radius 3 is 3.09 bits per heavy atom. The van der Waals surface area contributed by atoms with Gasteiger partial charge >= 0.3 is 0 Å². The van der Waals surface area contributed by atoms with Gasteiger partial charge in [0.05, 0.1) is 6.61 Å². The van der Waals surface area contributed by atoms with Gasteiger partial charge in [0.1, 0.15) is 5.69 Å². The lowest BCUT2D eigenvalue weighted by molar-refractivity contribution is 0.0177. The van der Waals surface area contributed by atoms with Gasteiger partial charge in [0.25, 0.3) is 5.91 Å². The molecule has 0 aromatic carbocycles. The summed E-state index contributed by atoms with van der Waals surface area (Å²) < 4.78 is 5.10. The highest BCUT2D eigenvalue weighted by atomic mass is 32.1. The number of aliphatic hydroxyl groups excluding tert-OH is 1. The molecule has 1 saturated heterocycles. The van der Waals surface area contributed by atoms with Crippen molar-refractivity contribution in [3.8, 4) is 0 Å². The molecule has 1 aromatic rings. The van der Waals surface area contributed by atoms with Gasteiger partial charge in [-0.3, -0.25) is 4.79 Å². The van der Waals surface area contributed by atoms with Crippen molar-refractivity contribution in [1.29, 1.82) is 0 Å². The van der Waals surface area contributed by atoms with Gasteiger partial charge in [-0.2, -0.15) is 0 Å². The van der Waals surface area contributed by atoms with E-state index in [1.165, 1.54) is 11.3 Å². The summed E-state index contributed by atoms with van der Waals surface area (Å²) in [4.78, 5) is 18.7. The Bertz CT molecular complexity index is 494. The Labute approximate surface area is 135 Å². The molecule has 0 aliphatic carbocycles. The molecule has 1 amide bonds. The van der Waals surface area contributed by atoms with Crippen molar-refractivity contribution >= 4 is 22.4 Å². The molecule has 1 unspecified atom stereocenters. The molecule has 0 bridgehead atoms. The monoisotopic (exact) mass is 327 g/mol. The fourth-order valence-corrected chi connectivity index (χ4v) is 3.68. The van der Waals surface area contributed by atoms with Crippen molar-refractivity contribution in [1.82, 2.24) is 9.88 Å². The molecule has 0 radical (unpaired) electrons. The van der Waals surface area contributed by atoms with Crippen LogP contribution in [0.25, 0.3) is 0 Å². The lowest BCUT2D eigenvalue weighted by atomic mass is 9.77. The van der Waals surface area contributed by atoms with Crippen LogP contribution in [0.1, 0.15) is 36.2 Å². The minimum absolute atomic E-state index is 0.0398. The third-order valence-electron chi connectivity index (χ3n) is 4.28. The molecular formula is C15H25N3O3S. The lowest BCUT2D eigenvalue weighted by Gasteiger charge is -2.41. The summed E-state index contributed by atoms with van der Waals surface area (Å²) >= 11 is 1.43. The van der Waals surface area contributed by atoms with E-state index in [2.05, 4.69) is 10.3 Å². The summed E-state index contributed by atoms with van der Waals surface area (Å²) in [6.07, 6.45) is 3.65.